The van der Waals surface area contributed by atoms with Gasteiger partial charge in [0.15, 0.2) is 0 Å². The van der Waals surface area contributed by atoms with Gasteiger partial charge in [-0.1, -0.05) is 6.92 Å². The van der Waals surface area contributed by atoms with Crippen LogP contribution >= 0.6 is 0 Å². The molecule has 0 bridgehead atoms. The summed E-state index contributed by atoms with van der Waals surface area (Å²) in [5, 5.41) is 7.34. The average Bonchev–Trinajstić information content (AvgIpc) is 3.22. The summed E-state index contributed by atoms with van der Waals surface area (Å²) in [7, 11) is 1.61. The van der Waals surface area contributed by atoms with Gasteiger partial charge in [-0.2, -0.15) is 9.78 Å². The number of fused-ring (bicyclic) bond motifs is 2. The van der Waals surface area contributed by atoms with E-state index < -0.39 is 11.7 Å². The molecule has 0 radical (unpaired) electrons. The maximum Gasteiger partial charge on any atom is 0.435 e. The number of hydrogen-bond acceptors (Lipinski definition) is 7. The van der Waals surface area contributed by atoms with E-state index in [4.69, 9.17) is 9.47 Å². The van der Waals surface area contributed by atoms with Gasteiger partial charge in [0, 0.05) is 45.6 Å². The van der Waals surface area contributed by atoms with Gasteiger partial charge in [-0.15, -0.1) is 0 Å². The van der Waals surface area contributed by atoms with Crippen LogP contribution in [0, 0.1) is 11.8 Å². The first kappa shape index (κ1) is 28.1. The monoisotopic (exact) mass is 505 g/mol. The molecule has 3 atom stereocenters. The van der Waals surface area contributed by atoms with Crippen LogP contribution in [0.4, 0.5) is 9.59 Å². The molecular weight excluding hydrogens is 462 g/mol. The number of carbonyl (C=O) groups is 3. The largest absolute Gasteiger partial charge is 0.442 e. The number of amides is 3. The molecule has 1 aromatic rings. The first-order valence-electron chi connectivity index (χ1n) is 13.2. The molecule has 0 saturated carbocycles. The lowest BCUT2D eigenvalue weighted by Gasteiger charge is -2.46. The van der Waals surface area contributed by atoms with Crippen LogP contribution in [0.25, 0.3) is 0 Å². The first-order chi connectivity index (χ1) is 17.1. The molecule has 0 aromatic carbocycles. The lowest BCUT2D eigenvalue weighted by atomic mass is 9.74. The molecule has 1 N–H and O–H groups in total. The molecule has 10 nitrogen and oxygen atoms in total. The molecule has 2 heterocycles. The molecule has 0 spiro atoms. The summed E-state index contributed by atoms with van der Waals surface area (Å²) in [6.07, 6.45) is 5.08. The second-order valence-electron chi connectivity index (χ2n) is 10.9. The molecule has 1 aliphatic heterocycles. The highest BCUT2D eigenvalue weighted by atomic mass is 16.6. The second kappa shape index (κ2) is 12.2. The van der Waals surface area contributed by atoms with Gasteiger partial charge in [0.1, 0.15) is 5.60 Å². The minimum absolute atomic E-state index is 0.123. The van der Waals surface area contributed by atoms with E-state index in [1.807, 2.05) is 27.7 Å². The standard InChI is InChI=1S/C26H43N5O5/c1-7-10-29-16-20(23(32)30(11-9-12-35-6)24(33)27-8-2)13-18-14-21-19(15-22(18)29)17-31(28-21)25(34)36-26(3,4)5/h17-18,20,22H,7-16H2,1-6H3,(H,27,33)/t18-,20-,22-/m1/s1. The minimum Gasteiger partial charge on any atom is -0.442 e. The zero-order chi connectivity index (χ0) is 26.5. The third-order valence-electron chi connectivity index (χ3n) is 6.83. The maximum atomic E-state index is 13.6. The van der Waals surface area contributed by atoms with Gasteiger partial charge in [-0.05, 0) is 77.8 Å². The topological polar surface area (TPSA) is 106 Å². The maximum absolute atomic E-state index is 13.6. The number of nitrogens with zero attached hydrogens (tertiary/aromatic N) is 4. The number of imide groups is 1. The Morgan fingerprint density at radius 1 is 1.22 bits per heavy atom. The van der Waals surface area contributed by atoms with E-state index in [0.29, 0.717) is 45.5 Å². The van der Waals surface area contributed by atoms with E-state index >= 15 is 0 Å². The number of methoxy groups -OCH3 is 1. The van der Waals surface area contributed by atoms with Crippen LogP contribution in [0.15, 0.2) is 6.20 Å². The molecular formula is C26H43N5O5. The van der Waals surface area contributed by atoms with Crippen molar-refractivity contribution in [1.29, 1.82) is 0 Å². The molecule has 2 aliphatic rings. The minimum atomic E-state index is -0.595. The Bertz CT molecular complexity index is 924. The molecule has 202 valence electrons. The van der Waals surface area contributed by atoms with E-state index in [0.717, 1.165) is 30.6 Å². The summed E-state index contributed by atoms with van der Waals surface area (Å²) in [5.41, 5.74) is 1.37. The highest BCUT2D eigenvalue weighted by Gasteiger charge is 2.43. The quantitative estimate of drug-likeness (QED) is 0.541. The summed E-state index contributed by atoms with van der Waals surface area (Å²) < 4.78 is 11.9. The highest BCUT2D eigenvalue weighted by molar-refractivity contribution is 5.95. The molecule has 10 heteroatoms. The predicted molar refractivity (Wildman–Crippen MR) is 136 cm³/mol. The summed E-state index contributed by atoms with van der Waals surface area (Å²) in [6.45, 7) is 12.3. The number of piperidine rings is 1. The molecule has 36 heavy (non-hydrogen) atoms. The fourth-order valence-corrected chi connectivity index (χ4v) is 5.36. The van der Waals surface area contributed by atoms with Crippen molar-refractivity contribution in [3.8, 4) is 0 Å². The van der Waals surface area contributed by atoms with Crippen LogP contribution in [-0.4, -0.2) is 89.2 Å². The fraction of sp³-hybridized carbons (Fsp3) is 0.769. The Morgan fingerprint density at radius 2 is 1.97 bits per heavy atom. The summed E-state index contributed by atoms with van der Waals surface area (Å²) >= 11 is 0. The molecule has 3 rings (SSSR count). The highest BCUT2D eigenvalue weighted by Crippen LogP contribution is 2.37. The molecule has 1 aliphatic carbocycles. The van der Waals surface area contributed by atoms with Gasteiger partial charge in [0.05, 0.1) is 11.6 Å². The van der Waals surface area contributed by atoms with Crippen LogP contribution in [0.5, 0.6) is 0 Å². The van der Waals surface area contributed by atoms with Crippen LogP contribution in [0.1, 0.15) is 65.1 Å². The van der Waals surface area contributed by atoms with Gasteiger partial charge in [-0.3, -0.25) is 14.6 Å². The molecule has 0 unspecified atom stereocenters. The smallest absolute Gasteiger partial charge is 0.435 e. The Labute approximate surface area is 214 Å². The van der Waals surface area contributed by atoms with Crippen LogP contribution in [0.3, 0.4) is 0 Å². The fourth-order valence-electron chi connectivity index (χ4n) is 5.36. The van der Waals surface area contributed by atoms with Gasteiger partial charge in [0.2, 0.25) is 5.91 Å². The Kier molecular flexibility index (Phi) is 9.52. The zero-order valence-electron chi connectivity index (χ0n) is 22.7. The summed E-state index contributed by atoms with van der Waals surface area (Å²) in [6, 6.07) is -0.0611. The normalized spacial score (nSPS) is 21.9. The number of nitrogens with one attached hydrogen (secondary N) is 1. The van der Waals surface area contributed by atoms with Gasteiger partial charge in [0.25, 0.3) is 0 Å². The van der Waals surface area contributed by atoms with Crippen molar-refractivity contribution in [2.45, 2.75) is 78.4 Å². The van der Waals surface area contributed by atoms with Crippen LogP contribution < -0.4 is 5.32 Å². The van der Waals surface area contributed by atoms with Gasteiger partial charge in [-0.25, -0.2) is 9.59 Å². The van der Waals surface area contributed by atoms with E-state index in [1.54, 1.807) is 13.3 Å². The number of rotatable bonds is 8. The van der Waals surface area contributed by atoms with Crippen molar-refractivity contribution < 1.29 is 23.9 Å². The lowest BCUT2D eigenvalue weighted by molar-refractivity contribution is -0.136. The van der Waals surface area contributed by atoms with Crippen molar-refractivity contribution >= 4 is 18.0 Å². The third kappa shape index (κ3) is 6.85. The summed E-state index contributed by atoms with van der Waals surface area (Å²) in [4.78, 5) is 42.7. The van der Waals surface area contributed by atoms with Crippen molar-refractivity contribution in [3.63, 3.8) is 0 Å². The van der Waals surface area contributed by atoms with Crippen molar-refractivity contribution in [3.05, 3.63) is 17.5 Å². The number of aromatic nitrogens is 2. The number of likely N-dealkylation sites (tertiary alicyclic amines) is 1. The summed E-state index contributed by atoms with van der Waals surface area (Å²) in [5.74, 6) is -0.164. The second-order valence-corrected chi connectivity index (χ2v) is 10.9. The molecule has 1 saturated heterocycles. The first-order valence-corrected chi connectivity index (χ1v) is 13.2. The number of ether oxygens (including phenoxy) is 2. The van der Waals surface area contributed by atoms with Crippen molar-refractivity contribution in [2.24, 2.45) is 11.8 Å². The van der Waals surface area contributed by atoms with Gasteiger partial charge >= 0.3 is 12.1 Å². The Balaban J connectivity index is 1.79. The zero-order valence-corrected chi connectivity index (χ0v) is 22.7. The predicted octanol–water partition coefficient (Wildman–Crippen LogP) is 3.08. The SMILES string of the molecule is CCCN1C[C@H](C(=O)N(CCCOC)C(=O)NCC)C[C@@H]2Cc3nn(C(=O)OC(C)(C)C)cc3C[C@H]21. The average molecular weight is 506 g/mol. The van der Waals surface area contributed by atoms with Crippen LogP contribution in [-0.2, 0) is 27.1 Å². The van der Waals surface area contributed by atoms with Crippen LogP contribution in [0.2, 0.25) is 0 Å². The van der Waals surface area contributed by atoms with Gasteiger partial charge < -0.3 is 14.8 Å². The third-order valence-corrected chi connectivity index (χ3v) is 6.83. The molecule has 3 amide bonds. The van der Waals surface area contributed by atoms with E-state index in [9.17, 15) is 14.4 Å². The Hall–Kier alpha value is -2.46. The molecule has 1 fully saturated rings. The van der Waals surface area contributed by atoms with Crippen molar-refractivity contribution in [1.82, 2.24) is 24.9 Å². The van der Waals surface area contributed by atoms with E-state index in [-0.39, 0.29) is 29.8 Å². The number of urea groups is 1. The van der Waals surface area contributed by atoms with E-state index in [2.05, 4.69) is 22.2 Å². The lowest BCUT2D eigenvalue weighted by Crippen LogP contribution is -2.56. The van der Waals surface area contributed by atoms with E-state index in [1.165, 1.54) is 9.58 Å². The number of hydrogen-bond donors (Lipinski definition) is 1. The van der Waals surface area contributed by atoms with Crippen molar-refractivity contribution in [2.75, 3.05) is 39.9 Å². The Morgan fingerprint density at radius 3 is 2.61 bits per heavy atom. The number of carbonyl (C=O) groups excluding carboxylic acids is 3. The molecule has 1 aromatic heterocycles.